The highest BCUT2D eigenvalue weighted by Crippen LogP contribution is 2.25. The standard InChI is InChI=1S/C20H12Br2N2O2/c21-15-3-1-13(2-4-15)19-10-9-18(26-19)11-14(12-23)20(25)24-17-7-5-16(22)6-8-17/h1-11H,(H,24,25)/b14-11-. The van der Waals surface area contributed by atoms with Crippen molar-refractivity contribution in [1.29, 1.82) is 5.26 Å². The molecule has 0 saturated carbocycles. The van der Waals surface area contributed by atoms with Crippen molar-refractivity contribution in [3.8, 4) is 17.4 Å². The Morgan fingerprint density at radius 1 is 0.962 bits per heavy atom. The van der Waals surface area contributed by atoms with E-state index in [9.17, 15) is 10.1 Å². The molecule has 0 spiro atoms. The monoisotopic (exact) mass is 470 g/mol. The quantitative estimate of drug-likeness (QED) is 0.373. The van der Waals surface area contributed by atoms with Gasteiger partial charge in [-0.15, -0.1) is 0 Å². The molecular formula is C20H12Br2N2O2. The van der Waals surface area contributed by atoms with Crippen LogP contribution in [-0.4, -0.2) is 5.91 Å². The molecule has 0 radical (unpaired) electrons. The highest BCUT2D eigenvalue weighted by molar-refractivity contribution is 9.10. The summed E-state index contributed by atoms with van der Waals surface area (Å²) in [5.74, 6) is 0.608. The lowest BCUT2D eigenvalue weighted by molar-refractivity contribution is -0.112. The normalized spacial score (nSPS) is 11.0. The Bertz CT molecular complexity index is 998. The second-order valence-electron chi connectivity index (χ2n) is 5.34. The first-order valence-electron chi connectivity index (χ1n) is 7.59. The second-order valence-corrected chi connectivity index (χ2v) is 7.17. The van der Waals surface area contributed by atoms with Crippen LogP contribution in [-0.2, 0) is 4.79 Å². The average Bonchev–Trinajstić information content (AvgIpc) is 3.11. The Morgan fingerprint density at radius 2 is 1.58 bits per heavy atom. The van der Waals surface area contributed by atoms with E-state index in [-0.39, 0.29) is 5.57 Å². The van der Waals surface area contributed by atoms with Gasteiger partial charge >= 0.3 is 0 Å². The van der Waals surface area contributed by atoms with E-state index in [1.807, 2.05) is 42.5 Å². The molecule has 26 heavy (non-hydrogen) atoms. The molecule has 0 aliphatic rings. The highest BCUT2D eigenvalue weighted by atomic mass is 79.9. The fraction of sp³-hybridized carbons (Fsp3) is 0. The van der Waals surface area contributed by atoms with Crippen molar-refractivity contribution < 1.29 is 9.21 Å². The van der Waals surface area contributed by atoms with Crippen LogP contribution >= 0.6 is 31.9 Å². The summed E-state index contributed by atoms with van der Waals surface area (Å²) < 4.78 is 7.61. The average molecular weight is 472 g/mol. The van der Waals surface area contributed by atoms with Gasteiger partial charge in [0.15, 0.2) is 0 Å². The first kappa shape index (κ1) is 18.2. The molecule has 0 unspecified atom stereocenters. The number of hydrogen-bond donors (Lipinski definition) is 1. The molecule has 3 aromatic rings. The van der Waals surface area contributed by atoms with E-state index in [4.69, 9.17) is 4.42 Å². The van der Waals surface area contributed by atoms with Gasteiger partial charge in [0.25, 0.3) is 5.91 Å². The van der Waals surface area contributed by atoms with Crippen LogP contribution in [0.5, 0.6) is 0 Å². The molecule has 1 heterocycles. The lowest BCUT2D eigenvalue weighted by atomic mass is 10.2. The number of rotatable bonds is 4. The van der Waals surface area contributed by atoms with E-state index in [0.717, 1.165) is 14.5 Å². The molecule has 1 amide bonds. The topological polar surface area (TPSA) is 66.0 Å². The van der Waals surface area contributed by atoms with Gasteiger partial charge in [0, 0.05) is 26.3 Å². The Hall–Kier alpha value is -2.62. The van der Waals surface area contributed by atoms with Crippen molar-refractivity contribution in [3.05, 3.63) is 80.9 Å². The van der Waals surface area contributed by atoms with Crippen LogP contribution in [0, 0.1) is 11.3 Å². The molecule has 0 bridgehead atoms. The molecule has 1 aromatic heterocycles. The lowest BCUT2D eigenvalue weighted by Crippen LogP contribution is -2.13. The van der Waals surface area contributed by atoms with Crippen LogP contribution in [0.15, 0.2) is 79.6 Å². The molecule has 0 aliphatic carbocycles. The summed E-state index contributed by atoms with van der Waals surface area (Å²) in [6.45, 7) is 0. The van der Waals surface area contributed by atoms with Crippen molar-refractivity contribution in [3.63, 3.8) is 0 Å². The number of furan rings is 1. The molecule has 2 aromatic carbocycles. The van der Waals surface area contributed by atoms with Gasteiger partial charge in [0.1, 0.15) is 23.2 Å². The maximum absolute atomic E-state index is 12.3. The van der Waals surface area contributed by atoms with Gasteiger partial charge < -0.3 is 9.73 Å². The number of anilines is 1. The fourth-order valence-electron chi connectivity index (χ4n) is 2.22. The molecule has 6 heteroatoms. The van der Waals surface area contributed by atoms with Crippen molar-refractivity contribution in [2.75, 3.05) is 5.32 Å². The molecular weight excluding hydrogens is 460 g/mol. The molecule has 0 saturated heterocycles. The number of nitrogens with one attached hydrogen (secondary N) is 1. The lowest BCUT2D eigenvalue weighted by Gasteiger charge is -2.03. The van der Waals surface area contributed by atoms with Crippen LogP contribution in [0.4, 0.5) is 5.69 Å². The van der Waals surface area contributed by atoms with E-state index in [0.29, 0.717) is 17.2 Å². The van der Waals surface area contributed by atoms with Gasteiger partial charge in [-0.2, -0.15) is 5.26 Å². The Kier molecular flexibility index (Phi) is 5.71. The third kappa shape index (κ3) is 4.51. The SMILES string of the molecule is N#C/C(=C/c1ccc(-c2ccc(Br)cc2)o1)C(=O)Nc1ccc(Br)cc1. The Labute approximate surface area is 167 Å². The summed E-state index contributed by atoms with van der Waals surface area (Å²) in [4.78, 5) is 12.3. The first-order chi connectivity index (χ1) is 12.5. The largest absolute Gasteiger partial charge is 0.457 e. The summed E-state index contributed by atoms with van der Waals surface area (Å²) in [7, 11) is 0. The van der Waals surface area contributed by atoms with Crippen molar-refractivity contribution in [2.45, 2.75) is 0 Å². The Balaban J connectivity index is 1.78. The number of nitrogens with zero attached hydrogens (tertiary/aromatic N) is 1. The minimum absolute atomic E-state index is 0.0374. The number of nitriles is 1. The summed E-state index contributed by atoms with van der Waals surface area (Å²) in [5.41, 5.74) is 1.48. The van der Waals surface area contributed by atoms with E-state index < -0.39 is 5.91 Å². The summed E-state index contributed by atoms with van der Waals surface area (Å²) in [6, 6.07) is 20.2. The molecule has 0 fully saturated rings. The fourth-order valence-corrected chi connectivity index (χ4v) is 2.75. The van der Waals surface area contributed by atoms with Gasteiger partial charge in [0.2, 0.25) is 0 Å². The van der Waals surface area contributed by atoms with Crippen LogP contribution in [0.1, 0.15) is 5.76 Å². The highest BCUT2D eigenvalue weighted by Gasteiger charge is 2.11. The van der Waals surface area contributed by atoms with Crippen molar-refractivity contribution in [2.24, 2.45) is 0 Å². The first-order valence-corrected chi connectivity index (χ1v) is 9.18. The molecule has 0 atom stereocenters. The second kappa shape index (κ2) is 8.17. The van der Waals surface area contributed by atoms with Gasteiger partial charge in [-0.25, -0.2) is 0 Å². The van der Waals surface area contributed by atoms with Crippen molar-refractivity contribution in [1.82, 2.24) is 0 Å². The van der Waals surface area contributed by atoms with Crippen molar-refractivity contribution >= 4 is 49.5 Å². The van der Waals surface area contributed by atoms with Crippen LogP contribution in [0.25, 0.3) is 17.4 Å². The van der Waals surface area contributed by atoms with E-state index in [1.54, 1.807) is 24.3 Å². The third-order valence-electron chi connectivity index (χ3n) is 3.51. The zero-order chi connectivity index (χ0) is 18.5. The predicted octanol–water partition coefficient (Wildman–Crippen LogP) is 6.02. The maximum atomic E-state index is 12.3. The maximum Gasteiger partial charge on any atom is 0.266 e. The van der Waals surface area contributed by atoms with E-state index >= 15 is 0 Å². The zero-order valence-corrected chi connectivity index (χ0v) is 16.5. The van der Waals surface area contributed by atoms with Gasteiger partial charge in [-0.05, 0) is 48.5 Å². The Morgan fingerprint density at radius 3 is 2.19 bits per heavy atom. The van der Waals surface area contributed by atoms with E-state index in [2.05, 4.69) is 37.2 Å². The van der Waals surface area contributed by atoms with Gasteiger partial charge in [-0.1, -0.05) is 44.0 Å². The van der Waals surface area contributed by atoms with Crippen LogP contribution in [0.2, 0.25) is 0 Å². The molecule has 4 nitrogen and oxygen atoms in total. The number of carbonyl (C=O) groups is 1. The molecule has 0 aliphatic heterocycles. The number of halogens is 2. The van der Waals surface area contributed by atoms with Gasteiger partial charge in [-0.3, -0.25) is 4.79 Å². The summed E-state index contributed by atoms with van der Waals surface area (Å²) in [5, 5.41) is 12.0. The van der Waals surface area contributed by atoms with Crippen LogP contribution in [0.3, 0.4) is 0 Å². The molecule has 3 rings (SSSR count). The van der Waals surface area contributed by atoms with Gasteiger partial charge in [0.05, 0.1) is 0 Å². The minimum atomic E-state index is -0.489. The minimum Gasteiger partial charge on any atom is -0.457 e. The number of amides is 1. The van der Waals surface area contributed by atoms with Crippen LogP contribution < -0.4 is 5.32 Å². The smallest absolute Gasteiger partial charge is 0.266 e. The number of hydrogen-bond acceptors (Lipinski definition) is 3. The number of benzene rings is 2. The zero-order valence-electron chi connectivity index (χ0n) is 13.4. The summed E-state index contributed by atoms with van der Waals surface area (Å²) >= 11 is 6.72. The molecule has 1 N–H and O–H groups in total. The summed E-state index contributed by atoms with van der Waals surface area (Å²) in [6.07, 6.45) is 1.43. The molecule has 128 valence electrons. The third-order valence-corrected chi connectivity index (χ3v) is 4.57. The predicted molar refractivity (Wildman–Crippen MR) is 108 cm³/mol. The van der Waals surface area contributed by atoms with E-state index in [1.165, 1.54) is 6.08 Å². The number of carbonyl (C=O) groups excluding carboxylic acids is 1.